The largest absolute Gasteiger partial charge is 0.481 e. The van der Waals surface area contributed by atoms with Crippen molar-refractivity contribution in [2.24, 2.45) is 5.41 Å². The lowest BCUT2D eigenvalue weighted by molar-refractivity contribution is -0.149. The van der Waals surface area contributed by atoms with Gasteiger partial charge in [-0.2, -0.15) is 0 Å². The molecule has 19 heavy (non-hydrogen) atoms. The van der Waals surface area contributed by atoms with Crippen LogP contribution in [0.2, 0.25) is 5.02 Å². The summed E-state index contributed by atoms with van der Waals surface area (Å²) in [5.41, 5.74) is -0.0151. The first-order valence-electron chi connectivity index (χ1n) is 6.33. The third kappa shape index (κ3) is 3.91. The third-order valence-corrected chi connectivity index (χ3v) is 3.89. The van der Waals surface area contributed by atoms with Gasteiger partial charge in [0.15, 0.2) is 0 Å². The Kier molecular flexibility index (Phi) is 5.76. The number of carbonyl (C=O) groups is 1. The van der Waals surface area contributed by atoms with Gasteiger partial charge in [0.1, 0.15) is 5.82 Å². The maximum absolute atomic E-state index is 13.2. The normalized spacial score (nSPS) is 11.6. The van der Waals surface area contributed by atoms with Gasteiger partial charge in [0.2, 0.25) is 0 Å². The minimum Gasteiger partial charge on any atom is -0.481 e. The van der Waals surface area contributed by atoms with Crippen molar-refractivity contribution in [3.05, 3.63) is 34.6 Å². The van der Waals surface area contributed by atoms with Gasteiger partial charge in [0.05, 0.1) is 10.4 Å². The van der Waals surface area contributed by atoms with Crippen LogP contribution in [0.15, 0.2) is 18.2 Å². The number of halogens is 2. The molecule has 0 aliphatic carbocycles. The lowest BCUT2D eigenvalue weighted by Gasteiger charge is -2.27. The van der Waals surface area contributed by atoms with E-state index in [-0.39, 0.29) is 5.02 Å². The van der Waals surface area contributed by atoms with E-state index in [0.29, 0.717) is 25.9 Å². The fraction of sp³-hybridized carbons (Fsp3) is 0.500. The van der Waals surface area contributed by atoms with Gasteiger partial charge in [-0.1, -0.05) is 31.5 Å². The lowest BCUT2D eigenvalue weighted by Crippen LogP contribution is -2.40. The molecule has 2 N–H and O–H groups in total. The smallest absolute Gasteiger partial charge is 0.310 e. The summed E-state index contributed by atoms with van der Waals surface area (Å²) in [4.78, 5) is 11.3. The van der Waals surface area contributed by atoms with Crippen molar-refractivity contribution in [1.82, 2.24) is 5.32 Å². The van der Waals surface area contributed by atoms with E-state index < -0.39 is 17.2 Å². The maximum Gasteiger partial charge on any atom is 0.310 e. The molecule has 0 aromatic heterocycles. The number of aliphatic carboxylic acids is 1. The average Bonchev–Trinajstić information content (AvgIpc) is 2.39. The van der Waals surface area contributed by atoms with Gasteiger partial charge >= 0.3 is 5.97 Å². The van der Waals surface area contributed by atoms with Crippen molar-refractivity contribution in [1.29, 1.82) is 0 Å². The molecule has 5 heteroatoms. The predicted molar refractivity (Wildman–Crippen MR) is 73.8 cm³/mol. The van der Waals surface area contributed by atoms with Crippen molar-refractivity contribution < 1.29 is 14.3 Å². The van der Waals surface area contributed by atoms with Gasteiger partial charge in [0.25, 0.3) is 0 Å². The van der Waals surface area contributed by atoms with E-state index in [1.165, 1.54) is 12.1 Å². The molecule has 0 atom stereocenters. The van der Waals surface area contributed by atoms with Crippen molar-refractivity contribution in [2.75, 3.05) is 6.54 Å². The van der Waals surface area contributed by atoms with Crippen molar-refractivity contribution >= 4 is 17.6 Å². The van der Waals surface area contributed by atoms with Gasteiger partial charge in [-0.3, -0.25) is 4.79 Å². The predicted octanol–water partition coefficient (Wildman–Crippen LogP) is 3.46. The zero-order valence-electron chi connectivity index (χ0n) is 11.2. The minimum absolute atomic E-state index is 0.0887. The van der Waals surface area contributed by atoms with E-state index in [1.807, 2.05) is 13.8 Å². The molecular formula is C14H19ClFNO2. The SMILES string of the molecule is CCC(CC)(CNCc1ccc(Cl)c(F)c1)C(=O)O. The zero-order valence-corrected chi connectivity index (χ0v) is 11.9. The van der Waals surface area contributed by atoms with Crippen LogP contribution in [0.25, 0.3) is 0 Å². The molecule has 0 saturated heterocycles. The summed E-state index contributed by atoms with van der Waals surface area (Å²) in [6.45, 7) is 4.51. The van der Waals surface area contributed by atoms with Gasteiger partial charge in [0, 0.05) is 13.1 Å². The Morgan fingerprint density at radius 2 is 2.05 bits per heavy atom. The Hall–Kier alpha value is -1.13. The molecule has 0 aliphatic rings. The van der Waals surface area contributed by atoms with E-state index in [2.05, 4.69) is 5.32 Å². The Morgan fingerprint density at radius 3 is 2.53 bits per heavy atom. The molecule has 0 unspecified atom stereocenters. The topological polar surface area (TPSA) is 49.3 Å². The first-order chi connectivity index (χ1) is 8.95. The molecule has 0 saturated carbocycles. The summed E-state index contributed by atoms with van der Waals surface area (Å²) >= 11 is 5.60. The molecule has 0 amide bonds. The number of nitrogens with one attached hydrogen (secondary N) is 1. The van der Waals surface area contributed by atoms with Crippen LogP contribution < -0.4 is 5.32 Å². The molecule has 0 bridgehead atoms. The minimum atomic E-state index is -0.799. The number of hydrogen-bond acceptors (Lipinski definition) is 2. The first-order valence-corrected chi connectivity index (χ1v) is 6.71. The Balaban J connectivity index is 2.61. The highest BCUT2D eigenvalue weighted by Gasteiger charge is 2.34. The molecule has 106 valence electrons. The Morgan fingerprint density at radius 1 is 1.42 bits per heavy atom. The highest BCUT2D eigenvalue weighted by Crippen LogP contribution is 2.26. The zero-order chi connectivity index (χ0) is 14.5. The van der Waals surface area contributed by atoms with Crippen molar-refractivity contribution in [3.8, 4) is 0 Å². The van der Waals surface area contributed by atoms with E-state index in [1.54, 1.807) is 6.07 Å². The van der Waals surface area contributed by atoms with Crippen LogP contribution in [-0.2, 0) is 11.3 Å². The number of benzene rings is 1. The summed E-state index contributed by atoms with van der Waals surface area (Å²) in [6.07, 6.45) is 1.11. The number of hydrogen-bond donors (Lipinski definition) is 2. The molecule has 0 fully saturated rings. The van der Waals surface area contributed by atoms with Crippen LogP contribution in [0.1, 0.15) is 32.3 Å². The highest BCUT2D eigenvalue weighted by atomic mass is 35.5. The van der Waals surface area contributed by atoms with E-state index in [9.17, 15) is 14.3 Å². The second kappa shape index (κ2) is 6.87. The van der Waals surface area contributed by atoms with Crippen LogP contribution in [0.5, 0.6) is 0 Å². The van der Waals surface area contributed by atoms with E-state index >= 15 is 0 Å². The molecule has 0 spiro atoms. The molecular weight excluding hydrogens is 269 g/mol. The summed E-state index contributed by atoms with van der Waals surface area (Å²) < 4.78 is 13.2. The standard InChI is InChI=1S/C14H19ClFNO2/c1-3-14(4-2,13(18)19)9-17-8-10-5-6-11(15)12(16)7-10/h5-7,17H,3-4,8-9H2,1-2H3,(H,18,19). The van der Waals surface area contributed by atoms with Gasteiger partial charge in [-0.05, 0) is 30.5 Å². The summed E-state index contributed by atoms with van der Waals surface area (Å²) in [5, 5.41) is 12.5. The van der Waals surface area contributed by atoms with E-state index in [0.717, 1.165) is 5.56 Å². The molecule has 1 aromatic carbocycles. The third-order valence-electron chi connectivity index (χ3n) is 3.58. The number of carboxylic acid groups (broad SMARTS) is 1. The summed E-state index contributed by atoms with van der Waals surface area (Å²) in [7, 11) is 0. The lowest BCUT2D eigenvalue weighted by atomic mass is 9.82. The molecule has 3 nitrogen and oxygen atoms in total. The first kappa shape index (κ1) is 15.9. The molecule has 0 radical (unpaired) electrons. The van der Waals surface area contributed by atoms with Crippen LogP contribution in [0.4, 0.5) is 4.39 Å². The molecule has 1 rings (SSSR count). The van der Waals surface area contributed by atoms with Crippen molar-refractivity contribution in [2.45, 2.75) is 33.2 Å². The van der Waals surface area contributed by atoms with Crippen molar-refractivity contribution in [3.63, 3.8) is 0 Å². The van der Waals surface area contributed by atoms with Crippen LogP contribution >= 0.6 is 11.6 Å². The van der Waals surface area contributed by atoms with Gasteiger partial charge in [-0.15, -0.1) is 0 Å². The van der Waals surface area contributed by atoms with Gasteiger partial charge in [-0.25, -0.2) is 4.39 Å². The molecule has 0 heterocycles. The quantitative estimate of drug-likeness (QED) is 0.807. The molecule has 0 aliphatic heterocycles. The highest BCUT2D eigenvalue weighted by molar-refractivity contribution is 6.30. The summed E-state index contributed by atoms with van der Waals surface area (Å²) in [6, 6.07) is 4.58. The Bertz CT molecular complexity index is 447. The second-order valence-electron chi connectivity index (χ2n) is 4.64. The van der Waals surface area contributed by atoms with Crippen LogP contribution in [0, 0.1) is 11.2 Å². The molecule has 1 aromatic rings. The van der Waals surface area contributed by atoms with E-state index in [4.69, 9.17) is 11.6 Å². The number of carboxylic acids is 1. The van der Waals surface area contributed by atoms with Gasteiger partial charge < -0.3 is 10.4 Å². The fourth-order valence-electron chi connectivity index (χ4n) is 1.97. The van der Waals surface area contributed by atoms with Crippen LogP contribution in [0.3, 0.4) is 0 Å². The Labute approximate surface area is 117 Å². The van der Waals surface area contributed by atoms with Crippen LogP contribution in [-0.4, -0.2) is 17.6 Å². The fourth-order valence-corrected chi connectivity index (χ4v) is 2.09. The number of rotatable bonds is 7. The average molecular weight is 288 g/mol. The second-order valence-corrected chi connectivity index (χ2v) is 5.05. The summed E-state index contributed by atoms with van der Waals surface area (Å²) in [5.74, 6) is -1.26. The maximum atomic E-state index is 13.2. The monoisotopic (exact) mass is 287 g/mol.